The van der Waals surface area contributed by atoms with Crippen LogP contribution in [0.1, 0.15) is 216 Å². The van der Waals surface area contributed by atoms with Crippen LogP contribution in [0.5, 0.6) is 0 Å². The molecule has 0 bridgehead atoms. The summed E-state index contributed by atoms with van der Waals surface area (Å²) in [6.45, 7) is 47.4. The Kier molecular flexibility index (Phi) is 23.2. The van der Waals surface area contributed by atoms with E-state index in [0.29, 0.717) is 41.4 Å². The Morgan fingerprint density at radius 3 is 0.779 bits per heavy atom. The van der Waals surface area contributed by atoms with Crippen LogP contribution in [0, 0.1) is 48.5 Å². The van der Waals surface area contributed by atoms with Crippen molar-refractivity contribution in [3.8, 4) is 44.9 Å². The van der Waals surface area contributed by atoms with Crippen LogP contribution in [0.15, 0.2) is 279 Å². The molecule has 0 unspecified atom stereocenters. The van der Waals surface area contributed by atoms with Crippen molar-refractivity contribution < 1.29 is 18.3 Å². The minimum Gasteiger partial charge on any atom is -0.251 e. The molecule has 0 fully saturated rings. The van der Waals surface area contributed by atoms with Gasteiger partial charge in [0.1, 0.15) is 22.1 Å². The van der Waals surface area contributed by atoms with Crippen LogP contribution in [-0.4, -0.2) is 37.5 Å². The molecule has 0 spiro atoms. The van der Waals surface area contributed by atoms with Gasteiger partial charge in [-0.15, -0.1) is 0 Å². The average molecular weight is 1830 g/mol. The van der Waals surface area contributed by atoms with Crippen LogP contribution in [0.3, 0.4) is 0 Å². The largest absolute Gasteiger partial charge is 0.297 e. The highest BCUT2D eigenvalue weighted by molar-refractivity contribution is 6.18. The third-order valence-corrected chi connectivity index (χ3v) is 30.1. The Hall–Kier alpha value is -14.9. The fourth-order valence-electron chi connectivity index (χ4n) is 23.5. The van der Waals surface area contributed by atoms with Crippen molar-refractivity contribution in [1.82, 2.24) is 37.5 Å². The van der Waals surface area contributed by atoms with Crippen molar-refractivity contribution in [1.29, 1.82) is 0 Å². The van der Waals surface area contributed by atoms with Gasteiger partial charge in [0, 0.05) is 22.4 Å². The number of aryl methyl sites for hydroxylation is 11. The standard InChI is InChI=1S/C36H32N3.C35H38N3.C31H30N3.C26H28N3/c1-22(2)26-16-12-20-31-34(26)35-33(36-38(5)29-18-9-10-19-30(29)39(31)36)24(4)21-28(37-35)32-23(3)13-11-17-27(32)25-14-7-6-8-15-25;1-20(2)24-13-11-14-25(21(3)4)32(24)27-19-23(7)31-34(36-27)33-26(22(5)6)15-12-18-30(33)38-29-17-10-9-16-28(29)37(8)35(31)38;1-18(2)22-13-10-16-26-29(22)30-28(31-33(6)24-14-7-8-15-25(24)34(26)31)21(5)17-23(32-30)27-19(3)11-9-12-20(27)4;1-15(2)18-10-9-13-22-24(18)25-23(17(5)14-19(27-25)16(3)4)26-28(6)20-11-7-8-12-21(20)29(22)26/h6-22H,1-5H3;9-22H,1-8H3;7-18H,1-6H3;7-16H,1-6H3/q4*+1. The number of aromatic nitrogens is 12. The molecule has 0 radical (unpaired) electrons. The number of para-hydroxylation sites is 8. The Bertz CT molecular complexity index is 9200. The molecule has 0 atom stereocenters. The molecule has 0 amide bonds. The monoisotopic (exact) mass is 1830 g/mol. The van der Waals surface area contributed by atoms with Gasteiger partial charge in [0.15, 0.2) is 44.1 Å². The molecule has 24 aromatic rings. The second kappa shape index (κ2) is 35.5. The zero-order valence-electron chi connectivity index (χ0n) is 86.0. The first-order valence-electron chi connectivity index (χ1n) is 50.4. The van der Waals surface area contributed by atoms with Crippen LogP contribution in [0.2, 0.25) is 0 Å². The summed E-state index contributed by atoms with van der Waals surface area (Å²) in [6, 6.07) is 101. The molecule has 12 aromatic carbocycles. The van der Waals surface area contributed by atoms with E-state index in [1.54, 1.807) is 0 Å². The lowest BCUT2D eigenvalue weighted by molar-refractivity contribution is -0.617. The van der Waals surface area contributed by atoms with Crippen molar-refractivity contribution in [3.05, 3.63) is 357 Å². The Labute approximate surface area is 821 Å². The molecule has 140 heavy (non-hydrogen) atoms. The summed E-state index contributed by atoms with van der Waals surface area (Å²) < 4.78 is 19.1. The van der Waals surface area contributed by atoms with Gasteiger partial charge >= 0.3 is 0 Å². The molecule has 0 aliphatic carbocycles. The Morgan fingerprint density at radius 1 is 0.207 bits per heavy atom. The molecule has 12 heterocycles. The first-order valence-corrected chi connectivity index (χ1v) is 50.4. The first kappa shape index (κ1) is 91.5. The van der Waals surface area contributed by atoms with Crippen LogP contribution in [-0.2, 0) is 28.2 Å². The highest BCUT2D eigenvalue weighted by atomic mass is 15.1. The van der Waals surface area contributed by atoms with Crippen LogP contribution >= 0.6 is 0 Å². The third kappa shape index (κ3) is 14.6. The normalized spacial score (nSPS) is 12.2. The van der Waals surface area contributed by atoms with E-state index in [2.05, 4.69) is 489 Å². The van der Waals surface area contributed by atoms with E-state index in [9.17, 15) is 0 Å². The van der Waals surface area contributed by atoms with Gasteiger partial charge in [0.2, 0.25) is 0 Å². The highest BCUT2D eigenvalue weighted by Gasteiger charge is 2.35. The number of rotatable bonds is 11. The summed E-state index contributed by atoms with van der Waals surface area (Å²) in [4.78, 5) is 21.8. The number of hydrogen-bond donors (Lipinski definition) is 0. The molecule has 12 heteroatoms. The maximum Gasteiger partial charge on any atom is 0.297 e. The third-order valence-electron chi connectivity index (χ3n) is 30.1. The topological polar surface area (TPSA) is 84.7 Å². The summed E-state index contributed by atoms with van der Waals surface area (Å²) in [5, 5.41) is 10.0. The zero-order chi connectivity index (χ0) is 97.9. The van der Waals surface area contributed by atoms with Gasteiger partial charge in [-0.05, 0) is 270 Å². The van der Waals surface area contributed by atoms with Gasteiger partial charge in [0.25, 0.3) is 22.6 Å². The SMILES string of the molecule is Cc1cc(-c2c(C(C)C)cccc2C(C)C)nc2c3c(C(C)C)cccc3n3c4ccccc4[n+](C)c3c12.Cc1cc(C(C)C)nc2c3c(C(C)C)cccc3n3c4ccccc4[n+](C)c3c12.Cc1cccc(-c2ccccc2)c1-c1cc(C)c2c(n1)c1c(C(C)C)cccc1n1c3ccccc3[n+](C)c21.Cc1cccc(C)c1-c1cc(C)c2c(n1)c1c(C(C)C)cccc1n1c3ccccc3[n+](C)c21. The minimum atomic E-state index is 0.369. The van der Waals surface area contributed by atoms with E-state index in [-0.39, 0.29) is 0 Å². The van der Waals surface area contributed by atoms with Gasteiger partial charge < -0.3 is 0 Å². The van der Waals surface area contributed by atoms with E-state index in [0.717, 1.165) is 44.8 Å². The van der Waals surface area contributed by atoms with Gasteiger partial charge in [0.05, 0.1) is 110 Å². The summed E-state index contributed by atoms with van der Waals surface area (Å²) in [6.07, 6.45) is 0. The second-order valence-corrected chi connectivity index (χ2v) is 41.5. The fourth-order valence-corrected chi connectivity index (χ4v) is 23.5. The molecule has 0 saturated carbocycles. The van der Waals surface area contributed by atoms with E-state index in [1.807, 2.05) is 0 Å². The molecule has 24 rings (SSSR count). The van der Waals surface area contributed by atoms with Gasteiger partial charge in [-0.3, -0.25) is 4.98 Å². The van der Waals surface area contributed by atoms with E-state index < -0.39 is 0 Å². The van der Waals surface area contributed by atoms with E-state index in [1.165, 1.54) is 232 Å². The summed E-state index contributed by atoms with van der Waals surface area (Å²) in [5.41, 5.74) is 51.4. The minimum absolute atomic E-state index is 0.369. The van der Waals surface area contributed by atoms with Gasteiger partial charge in [-0.1, -0.05) is 279 Å². The maximum atomic E-state index is 5.60. The quantitative estimate of drug-likeness (QED) is 0.0954. The number of hydrogen-bond acceptors (Lipinski definition) is 4. The van der Waals surface area contributed by atoms with Gasteiger partial charge in [-0.2, -0.15) is 17.6 Å². The number of pyridine rings is 8. The summed E-state index contributed by atoms with van der Waals surface area (Å²) in [7, 11) is 8.71. The summed E-state index contributed by atoms with van der Waals surface area (Å²) >= 11 is 0. The highest BCUT2D eigenvalue weighted by Crippen LogP contribution is 2.47. The lowest BCUT2D eigenvalue weighted by Gasteiger charge is -2.20. The van der Waals surface area contributed by atoms with Crippen molar-refractivity contribution in [2.75, 3.05) is 0 Å². The van der Waals surface area contributed by atoms with Crippen LogP contribution in [0.25, 0.3) is 199 Å². The Balaban J connectivity index is 0.000000111. The molecular formula is C128H128N12+4. The number of imidazole rings is 4. The van der Waals surface area contributed by atoms with Crippen molar-refractivity contribution in [3.63, 3.8) is 0 Å². The maximum absolute atomic E-state index is 5.60. The van der Waals surface area contributed by atoms with E-state index in [4.69, 9.17) is 19.9 Å². The molecular weight excluding hydrogens is 1710 g/mol. The zero-order valence-corrected chi connectivity index (χ0v) is 86.0. The first-order chi connectivity index (χ1) is 67.4. The average Bonchev–Trinajstić information content (AvgIpc) is 1.51. The lowest BCUT2D eigenvalue weighted by atomic mass is 9.86. The molecule has 696 valence electrons. The molecule has 0 aliphatic rings. The van der Waals surface area contributed by atoms with Crippen molar-refractivity contribution in [2.45, 2.75) is 187 Å². The Morgan fingerprint density at radius 2 is 0.457 bits per heavy atom. The fraction of sp³-hybridized carbons (Fsp3) is 0.250. The predicted octanol–water partition coefficient (Wildman–Crippen LogP) is 31.2. The van der Waals surface area contributed by atoms with Crippen LogP contribution in [0.4, 0.5) is 0 Å². The van der Waals surface area contributed by atoms with Crippen LogP contribution < -0.4 is 18.3 Å². The second-order valence-electron chi connectivity index (χ2n) is 41.5. The summed E-state index contributed by atoms with van der Waals surface area (Å²) in [5.74, 6) is 2.81. The van der Waals surface area contributed by atoms with Gasteiger partial charge in [-0.25, -0.2) is 33.2 Å². The van der Waals surface area contributed by atoms with E-state index >= 15 is 0 Å². The predicted molar refractivity (Wildman–Crippen MR) is 589 cm³/mol. The number of benzene rings is 12. The molecule has 12 aromatic heterocycles. The number of fused-ring (bicyclic) bond motifs is 32. The van der Waals surface area contributed by atoms with Crippen molar-refractivity contribution >= 4 is 154 Å². The molecule has 0 aliphatic heterocycles. The number of nitrogens with zero attached hydrogens (tertiary/aromatic N) is 12. The molecule has 12 nitrogen and oxygen atoms in total. The molecule has 0 N–H and O–H groups in total. The molecule has 0 saturated heterocycles. The lowest BCUT2D eigenvalue weighted by Crippen LogP contribution is -2.27. The smallest absolute Gasteiger partial charge is 0.251 e. The van der Waals surface area contributed by atoms with Crippen molar-refractivity contribution in [2.24, 2.45) is 28.2 Å².